The lowest BCUT2D eigenvalue weighted by molar-refractivity contribution is 0.127. The van der Waals surface area contributed by atoms with Crippen LogP contribution in [0.5, 0.6) is 0 Å². The second-order valence-corrected chi connectivity index (χ2v) is 4.76. The van der Waals surface area contributed by atoms with Gasteiger partial charge in [0.25, 0.3) is 0 Å². The summed E-state index contributed by atoms with van der Waals surface area (Å²) in [6.07, 6.45) is 0. The van der Waals surface area contributed by atoms with Gasteiger partial charge >= 0.3 is 0 Å². The first-order valence-corrected chi connectivity index (χ1v) is 6.32. The van der Waals surface area contributed by atoms with Gasteiger partial charge in [0.2, 0.25) is 0 Å². The highest BCUT2D eigenvalue weighted by atomic mass is 35.5. The topological polar surface area (TPSA) is 47.3 Å². The zero-order valence-corrected chi connectivity index (χ0v) is 11.4. The smallest absolute Gasteiger partial charge is 0.0739 e. The van der Waals surface area contributed by atoms with E-state index in [0.717, 1.165) is 12.3 Å². The highest BCUT2D eigenvalue weighted by Gasteiger charge is 2.14. The number of nitrogens with two attached hydrogens (primary N) is 1. The predicted molar refractivity (Wildman–Crippen MR) is 74.6 cm³/mol. The Morgan fingerprint density at radius 3 is 2.71 bits per heavy atom. The Morgan fingerprint density at radius 1 is 1.41 bits per heavy atom. The van der Waals surface area contributed by atoms with Crippen molar-refractivity contribution in [2.75, 3.05) is 24.3 Å². The van der Waals surface area contributed by atoms with Crippen LogP contribution in [0.4, 0.5) is 11.4 Å². The number of hydrogen-bond acceptors (Lipinski definition) is 3. The lowest BCUT2D eigenvalue weighted by Gasteiger charge is -2.24. The van der Waals surface area contributed by atoms with Crippen LogP contribution in [0.15, 0.2) is 18.2 Å². The number of nitrogen functional groups attached to an aromatic ring is 1. The molecule has 0 bridgehead atoms. The number of benzene rings is 1. The van der Waals surface area contributed by atoms with Gasteiger partial charge in [0.1, 0.15) is 0 Å². The third-order valence-corrected chi connectivity index (χ3v) is 3.03. The van der Waals surface area contributed by atoms with E-state index in [1.54, 1.807) is 6.07 Å². The maximum Gasteiger partial charge on any atom is 0.0739 e. The average Bonchev–Trinajstić information content (AvgIpc) is 2.29. The molecular formula is C13H21ClN2O. The molecule has 0 spiro atoms. The number of halogens is 1. The Balaban J connectivity index is 2.75. The normalized spacial score (nSPS) is 12.8. The van der Waals surface area contributed by atoms with Gasteiger partial charge in [0.05, 0.1) is 29.0 Å². The molecule has 1 atom stereocenters. The number of rotatable bonds is 6. The summed E-state index contributed by atoms with van der Waals surface area (Å²) in [7, 11) is 0. The summed E-state index contributed by atoms with van der Waals surface area (Å²) in [4.78, 5) is 0. The van der Waals surface area contributed by atoms with Crippen LogP contribution in [0.2, 0.25) is 5.02 Å². The van der Waals surface area contributed by atoms with Crippen LogP contribution in [0.25, 0.3) is 0 Å². The van der Waals surface area contributed by atoms with Crippen LogP contribution in [-0.4, -0.2) is 19.3 Å². The van der Waals surface area contributed by atoms with Crippen molar-refractivity contribution in [3.63, 3.8) is 0 Å². The monoisotopic (exact) mass is 256 g/mol. The van der Waals surface area contributed by atoms with E-state index < -0.39 is 0 Å². The average molecular weight is 257 g/mol. The van der Waals surface area contributed by atoms with Gasteiger partial charge < -0.3 is 15.8 Å². The Bertz CT molecular complexity index is 355. The third kappa shape index (κ3) is 4.10. The minimum Gasteiger partial charge on any atom is -0.396 e. The van der Waals surface area contributed by atoms with Crippen LogP contribution in [0.3, 0.4) is 0 Å². The summed E-state index contributed by atoms with van der Waals surface area (Å²) >= 11 is 5.98. The lowest BCUT2D eigenvalue weighted by atomic mass is 10.0. The van der Waals surface area contributed by atoms with Gasteiger partial charge in [-0.3, -0.25) is 0 Å². The van der Waals surface area contributed by atoms with Gasteiger partial charge in [0, 0.05) is 6.61 Å². The van der Waals surface area contributed by atoms with Crippen LogP contribution >= 0.6 is 11.6 Å². The van der Waals surface area contributed by atoms with E-state index in [1.807, 2.05) is 19.1 Å². The Hall–Kier alpha value is -0.930. The summed E-state index contributed by atoms with van der Waals surface area (Å²) in [5, 5.41) is 3.97. The van der Waals surface area contributed by atoms with E-state index in [-0.39, 0.29) is 6.04 Å². The second kappa shape index (κ2) is 6.72. The van der Waals surface area contributed by atoms with Crippen molar-refractivity contribution in [1.82, 2.24) is 0 Å². The van der Waals surface area contributed by atoms with Crippen molar-refractivity contribution >= 4 is 23.0 Å². The summed E-state index contributed by atoms with van der Waals surface area (Å²) in [6.45, 7) is 7.68. The van der Waals surface area contributed by atoms with Crippen LogP contribution in [0.1, 0.15) is 20.8 Å². The maximum atomic E-state index is 5.98. The van der Waals surface area contributed by atoms with E-state index in [2.05, 4.69) is 19.2 Å². The standard InChI is InChI=1S/C13H21ClN2O/c1-4-17-8-12(9(2)3)16-11-7-5-6-10(14)13(11)15/h5-7,9,12,16H,4,8,15H2,1-3H3. The van der Waals surface area contributed by atoms with Crippen LogP contribution in [-0.2, 0) is 4.74 Å². The first-order chi connectivity index (χ1) is 8.06. The molecule has 4 heteroatoms. The summed E-state index contributed by atoms with van der Waals surface area (Å²) in [5.41, 5.74) is 7.39. The van der Waals surface area contributed by atoms with Gasteiger partial charge in [-0.2, -0.15) is 0 Å². The molecule has 0 amide bonds. The van der Waals surface area contributed by atoms with Gasteiger partial charge in [-0.05, 0) is 25.0 Å². The van der Waals surface area contributed by atoms with Crippen molar-refractivity contribution in [2.24, 2.45) is 5.92 Å². The molecule has 1 aromatic rings. The number of nitrogens with one attached hydrogen (secondary N) is 1. The Kier molecular flexibility index (Phi) is 5.59. The highest BCUT2D eigenvalue weighted by molar-refractivity contribution is 6.33. The SMILES string of the molecule is CCOCC(Nc1cccc(Cl)c1N)C(C)C. The fraction of sp³-hybridized carbons (Fsp3) is 0.538. The largest absolute Gasteiger partial charge is 0.396 e. The van der Waals surface area contributed by atoms with Crippen molar-refractivity contribution < 1.29 is 4.74 Å². The van der Waals surface area contributed by atoms with Crippen LogP contribution in [0, 0.1) is 5.92 Å². The molecule has 0 saturated carbocycles. The summed E-state index contributed by atoms with van der Waals surface area (Å²) < 4.78 is 5.46. The Labute approximate surface area is 108 Å². The van der Waals surface area contributed by atoms with Crippen molar-refractivity contribution in [3.05, 3.63) is 23.2 Å². The number of hydrogen-bond donors (Lipinski definition) is 2. The maximum absolute atomic E-state index is 5.98. The van der Waals surface area contributed by atoms with Gasteiger partial charge in [-0.25, -0.2) is 0 Å². The van der Waals surface area contributed by atoms with E-state index in [4.69, 9.17) is 22.1 Å². The molecule has 96 valence electrons. The molecule has 0 heterocycles. The molecule has 0 fully saturated rings. The van der Waals surface area contributed by atoms with Crippen molar-refractivity contribution in [2.45, 2.75) is 26.8 Å². The van der Waals surface area contributed by atoms with Crippen molar-refractivity contribution in [3.8, 4) is 0 Å². The second-order valence-electron chi connectivity index (χ2n) is 4.36. The van der Waals surface area contributed by atoms with Crippen LogP contribution < -0.4 is 11.1 Å². The molecule has 3 nitrogen and oxygen atoms in total. The zero-order chi connectivity index (χ0) is 12.8. The molecule has 0 aliphatic rings. The van der Waals surface area contributed by atoms with E-state index >= 15 is 0 Å². The fourth-order valence-corrected chi connectivity index (χ4v) is 1.68. The first kappa shape index (κ1) is 14.1. The quantitative estimate of drug-likeness (QED) is 0.767. The first-order valence-electron chi connectivity index (χ1n) is 5.94. The number of para-hydroxylation sites is 1. The molecule has 3 N–H and O–H groups in total. The molecule has 1 unspecified atom stereocenters. The minimum atomic E-state index is 0.232. The molecule has 0 aromatic heterocycles. The molecular weight excluding hydrogens is 236 g/mol. The molecule has 0 aliphatic carbocycles. The molecule has 1 aromatic carbocycles. The van der Waals surface area contributed by atoms with E-state index in [1.165, 1.54) is 0 Å². The van der Waals surface area contributed by atoms with Gasteiger partial charge in [-0.15, -0.1) is 0 Å². The van der Waals surface area contributed by atoms with Crippen molar-refractivity contribution in [1.29, 1.82) is 0 Å². The van der Waals surface area contributed by atoms with Gasteiger partial charge in [-0.1, -0.05) is 31.5 Å². The third-order valence-electron chi connectivity index (χ3n) is 2.70. The lowest BCUT2D eigenvalue weighted by Crippen LogP contribution is -2.31. The van der Waals surface area contributed by atoms with Gasteiger partial charge in [0.15, 0.2) is 0 Å². The number of anilines is 2. The number of ether oxygens (including phenoxy) is 1. The van der Waals surface area contributed by atoms with E-state index in [0.29, 0.717) is 23.2 Å². The minimum absolute atomic E-state index is 0.232. The molecule has 0 aliphatic heterocycles. The molecule has 17 heavy (non-hydrogen) atoms. The van der Waals surface area contributed by atoms with E-state index in [9.17, 15) is 0 Å². The molecule has 1 rings (SSSR count). The Morgan fingerprint density at radius 2 is 2.12 bits per heavy atom. The predicted octanol–water partition coefficient (Wildman–Crippen LogP) is 3.40. The highest BCUT2D eigenvalue weighted by Crippen LogP contribution is 2.28. The summed E-state index contributed by atoms with van der Waals surface area (Å²) in [5.74, 6) is 0.458. The zero-order valence-electron chi connectivity index (χ0n) is 10.7. The molecule has 0 radical (unpaired) electrons. The summed E-state index contributed by atoms with van der Waals surface area (Å²) in [6, 6.07) is 5.84. The molecule has 0 saturated heterocycles. The fourth-order valence-electron chi connectivity index (χ4n) is 1.51.